The molecule has 2 aliphatic rings. The first-order chi connectivity index (χ1) is 10.6. The number of Topliss-reactive ketones (excluding diaryl/α,β-unsaturated/α-hetero) is 1. The Hall–Kier alpha value is -1.49. The van der Waals surface area contributed by atoms with E-state index in [1.165, 1.54) is 0 Å². The van der Waals surface area contributed by atoms with Gasteiger partial charge in [0.05, 0.1) is 11.8 Å². The lowest BCUT2D eigenvalue weighted by Crippen LogP contribution is -1.94. The highest BCUT2D eigenvalue weighted by molar-refractivity contribution is 6.32. The van der Waals surface area contributed by atoms with Gasteiger partial charge in [0.25, 0.3) is 0 Å². The van der Waals surface area contributed by atoms with Gasteiger partial charge >= 0.3 is 0 Å². The van der Waals surface area contributed by atoms with E-state index >= 15 is 0 Å². The van der Waals surface area contributed by atoms with Crippen LogP contribution in [0.25, 0.3) is 0 Å². The van der Waals surface area contributed by atoms with Gasteiger partial charge in [-0.1, -0.05) is 23.2 Å². The molecule has 0 amide bonds. The summed E-state index contributed by atoms with van der Waals surface area (Å²) in [5, 5.41) is 10.8. The van der Waals surface area contributed by atoms with Crippen LogP contribution in [0.15, 0.2) is 24.5 Å². The predicted molar refractivity (Wildman–Crippen MR) is 84.4 cm³/mol. The van der Waals surface area contributed by atoms with Crippen molar-refractivity contribution in [2.45, 2.75) is 31.8 Å². The third kappa shape index (κ3) is 2.86. The Balaban J connectivity index is 0.000000131. The molecular weight excluding hydrogens is 323 g/mol. The lowest BCUT2D eigenvalue weighted by Gasteiger charge is -2.01. The summed E-state index contributed by atoms with van der Waals surface area (Å²) in [5.41, 5.74) is 3.26. The smallest absolute Gasteiger partial charge is 0.181 e. The molecule has 114 valence electrons. The lowest BCUT2D eigenvalue weighted by atomic mass is 10.2. The number of carbonyl (C=O) groups excluding carboxylic acids is 1. The van der Waals surface area contributed by atoms with Crippen LogP contribution in [-0.2, 0) is 12.8 Å². The molecule has 0 fully saturated rings. The van der Waals surface area contributed by atoms with Crippen molar-refractivity contribution in [2.75, 3.05) is 0 Å². The maximum Gasteiger partial charge on any atom is 0.181 e. The third-order valence-corrected chi connectivity index (χ3v) is 4.59. The number of carbonyl (C=O) groups is 1. The van der Waals surface area contributed by atoms with E-state index in [9.17, 15) is 9.90 Å². The van der Waals surface area contributed by atoms with Crippen LogP contribution in [0.4, 0.5) is 0 Å². The van der Waals surface area contributed by atoms with Crippen LogP contribution < -0.4 is 0 Å². The molecule has 6 heteroatoms. The standard InChI is InChI=1S/C8H8ClNO.C8H6ClNO/c2*9-6-3-4-10-8-5(6)1-2-7(8)11/h3-4,7,11H,1-2H2;3-4H,1-2H2. The largest absolute Gasteiger partial charge is 0.387 e. The number of rotatable bonds is 0. The van der Waals surface area contributed by atoms with Gasteiger partial charge in [-0.2, -0.15) is 0 Å². The number of aromatic nitrogens is 2. The average molecular weight is 337 g/mol. The van der Waals surface area contributed by atoms with Gasteiger partial charge in [-0.3, -0.25) is 14.8 Å². The molecule has 0 bridgehead atoms. The van der Waals surface area contributed by atoms with E-state index in [0.29, 0.717) is 17.1 Å². The van der Waals surface area contributed by atoms with Crippen molar-refractivity contribution in [3.05, 3.63) is 57.1 Å². The second-order valence-corrected chi connectivity index (χ2v) is 6.07. The first kappa shape index (κ1) is 15.4. The quantitative estimate of drug-likeness (QED) is 0.798. The van der Waals surface area contributed by atoms with Crippen LogP contribution in [-0.4, -0.2) is 20.9 Å². The molecule has 1 unspecified atom stereocenters. The predicted octanol–water partition coefficient (Wildman–Crippen LogP) is 3.58. The van der Waals surface area contributed by atoms with Crippen molar-refractivity contribution in [3.8, 4) is 0 Å². The van der Waals surface area contributed by atoms with Crippen molar-refractivity contribution in [1.82, 2.24) is 9.97 Å². The van der Waals surface area contributed by atoms with Crippen LogP contribution in [0.2, 0.25) is 10.0 Å². The second-order valence-electron chi connectivity index (χ2n) is 5.25. The number of ketones is 1. The van der Waals surface area contributed by atoms with E-state index in [0.717, 1.165) is 41.1 Å². The van der Waals surface area contributed by atoms with E-state index in [4.69, 9.17) is 23.2 Å². The molecular formula is C16H14Cl2N2O2. The molecule has 1 atom stereocenters. The third-order valence-electron chi connectivity index (χ3n) is 3.88. The lowest BCUT2D eigenvalue weighted by molar-refractivity contribution is 0.0990. The summed E-state index contributed by atoms with van der Waals surface area (Å²) in [7, 11) is 0. The number of aliphatic hydroxyl groups excluding tert-OH is 1. The number of aliphatic hydroxyl groups is 1. The van der Waals surface area contributed by atoms with Gasteiger partial charge in [-0.25, -0.2) is 0 Å². The van der Waals surface area contributed by atoms with Gasteiger partial charge in [0.1, 0.15) is 5.69 Å². The summed E-state index contributed by atoms with van der Waals surface area (Å²) in [6.45, 7) is 0. The van der Waals surface area contributed by atoms with Crippen molar-refractivity contribution in [3.63, 3.8) is 0 Å². The molecule has 0 radical (unpaired) electrons. The Morgan fingerprint density at radius 2 is 1.68 bits per heavy atom. The molecule has 1 N–H and O–H groups in total. The maximum atomic E-state index is 11.1. The Morgan fingerprint density at radius 1 is 1.00 bits per heavy atom. The topological polar surface area (TPSA) is 63.1 Å². The summed E-state index contributed by atoms with van der Waals surface area (Å²) in [5.74, 6) is 0.113. The van der Waals surface area contributed by atoms with Gasteiger partial charge in [-0.15, -0.1) is 0 Å². The Morgan fingerprint density at radius 3 is 2.36 bits per heavy atom. The van der Waals surface area contributed by atoms with Crippen LogP contribution in [0.1, 0.15) is 46.3 Å². The minimum absolute atomic E-state index is 0.113. The Labute approximate surface area is 138 Å². The van der Waals surface area contributed by atoms with E-state index in [-0.39, 0.29) is 5.78 Å². The fraction of sp³-hybridized carbons (Fsp3) is 0.312. The SMILES string of the molecule is O=C1CCc2c(Cl)ccnc21.OC1CCc2c(Cl)ccnc21. The molecule has 0 spiro atoms. The van der Waals surface area contributed by atoms with Gasteiger partial charge in [0, 0.05) is 34.4 Å². The summed E-state index contributed by atoms with van der Waals surface area (Å²) in [6, 6.07) is 3.48. The molecule has 4 rings (SSSR count). The number of pyridine rings is 2. The zero-order chi connectivity index (χ0) is 15.7. The normalized spacial score (nSPS) is 18.5. The van der Waals surface area contributed by atoms with Crippen LogP contribution in [0, 0.1) is 0 Å². The molecule has 22 heavy (non-hydrogen) atoms. The van der Waals surface area contributed by atoms with Gasteiger partial charge in [0.15, 0.2) is 5.78 Å². The van der Waals surface area contributed by atoms with Gasteiger partial charge in [0.2, 0.25) is 0 Å². The molecule has 0 aliphatic heterocycles. The minimum Gasteiger partial charge on any atom is -0.387 e. The van der Waals surface area contributed by atoms with Crippen LogP contribution in [0.3, 0.4) is 0 Å². The average Bonchev–Trinajstić information content (AvgIpc) is 3.07. The molecule has 0 aromatic carbocycles. The number of halogens is 2. The highest BCUT2D eigenvalue weighted by Gasteiger charge is 2.23. The first-order valence-corrected chi connectivity index (χ1v) is 7.81. The van der Waals surface area contributed by atoms with Crippen molar-refractivity contribution >= 4 is 29.0 Å². The molecule has 2 aromatic heterocycles. The van der Waals surface area contributed by atoms with E-state index in [1.54, 1.807) is 24.5 Å². The van der Waals surface area contributed by atoms with Crippen molar-refractivity contribution in [2.24, 2.45) is 0 Å². The number of hydrogen-bond donors (Lipinski definition) is 1. The molecule has 2 aliphatic carbocycles. The number of nitrogens with zero attached hydrogens (tertiary/aromatic N) is 2. The molecule has 2 heterocycles. The molecule has 0 saturated heterocycles. The fourth-order valence-corrected chi connectivity index (χ4v) is 3.23. The zero-order valence-electron chi connectivity index (χ0n) is 11.7. The van der Waals surface area contributed by atoms with Crippen molar-refractivity contribution in [1.29, 1.82) is 0 Å². The summed E-state index contributed by atoms with van der Waals surface area (Å²) >= 11 is 11.7. The maximum absolute atomic E-state index is 11.1. The van der Waals surface area contributed by atoms with Crippen LogP contribution >= 0.6 is 23.2 Å². The van der Waals surface area contributed by atoms with Gasteiger partial charge < -0.3 is 5.11 Å². The summed E-state index contributed by atoms with van der Waals surface area (Å²) in [4.78, 5) is 19.1. The van der Waals surface area contributed by atoms with E-state index < -0.39 is 6.10 Å². The minimum atomic E-state index is -0.399. The highest BCUT2D eigenvalue weighted by Crippen LogP contribution is 2.33. The Bertz CT molecular complexity index is 734. The highest BCUT2D eigenvalue weighted by atomic mass is 35.5. The molecule has 0 saturated carbocycles. The van der Waals surface area contributed by atoms with Crippen LogP contribution in [0.5, 0.6) is 0 Å². The monoisotopic (exact) mass is 336 g/mol. The van der Waals surface area contributed by atoms with E-state index in [2.05, 4.69) is 9.97 Å². The zero-order valence-corrected chi connectivity index (χ0v) is 13.2. The van der Waals surface area contributed by atoms with Crippen molar-refractivity contribution < 1.29 is 9.90 Å². The second kappa shape index (κ2) is 6.32. The van der Waals surface area contributed by atoms with Gasteiger partial charge in [-0.05, 0) is 37.0 Å². The molecule has 2 aromatic rings. The summed E-state index contributed by atoms with van der Waals surface area (Å²) < 4.78 is 0. The molecule has 4 nitrogen and oxygen atoms in total. The summed E-state index contributed by atoms with van der Waals surface area (Å²) in [6.07, 6.45) is 5.73. The van der Waals surface area contributed by atoms with E-state index in [1.807, 2.05) is 0 Å². The number of hydrogen-bond acceptors (Lipinski definition) is 4. The fourth-order valence-electron chi connectivity index (χ4n) is 2.74. The first-order valence-electron chi connectivity index (χ1n) is 7.06. The Kier molecular flexibility index (Phi) is 4.43. The number of fused-ring (bicyclic) bond motifs is 2.